The summed E-state index contributed by atoms with van der Waals surface area (Å²) in [5.41, 5.74) is 1.32. The number of carbonyl (C=O) groups is 2. The smallest absolute Gasteiger partial charge is 0.363 e. The number of rotatable bonds is 6. The van der Waals surface area contributed by atoms with Crippen molar-refractivity contribution in [1.29, 1.82) is 0 Å². The first kappa shape index (κ1) is 19.6. The van der Waals surface area contributed by atoms with Crippen LogP contribution in [0.1, 0.15) is 31.4 Å². The van der Waals surface area contributed by atoms with Crippen molar-refractivity contribution in [3.8, 4) is 11.5 Å². The van der Waals surface area contributed by atoms with Crippen molar-refractivity contribution in [3.05, 3.63) is 64.3 Å². The Morgan fingerprint density at radius 1 is 1.18 bits per heavy atom. The third-order valence-corrected chi connectivity index (χ3v) is 4.14. The molecule has 0 bridgehead atoms. The summed E-state index contributed by atoms with van der Waals surface area (Å²) in [6.45, 7) is 3.93. The lowest BCUT2D eigenvalue weighted by Crippen LogP contribution is -2.07. The summed E-state index contributed by atoms with van der Waals surface area (Å²) in [6.07, 6.45) is 1.82. The largest absolute Gasteiger partial charge is 0.490 e. The van der Waals surface area contributed by atoms with E-state index in [1.165, 1.54) is 0 Å². The highest BCUT2D eigenvalue weighted by molar-refractivity contribution is 6.34. The lowest BCUT2D eigenvalue weighted by molar-refractivity contribution is -0.134. The van der Waals surface area contributed by atoms with Crippen LogP contribution in [0.25, 0.3) is 6.08 Å². The van der Waals surface area contributed by atoms with Crippen LogP contribution in [0.4, 0.5) is 0 Å². The van der Waals surface area contributed by atoms with Gasteiger partial charge in [-0.05, 0) is 42.8 Å². The standard InChI is InChI=1S/C21H18ClNO5/c1-3-19(24)27-17-10-9-13(12-18(17)26-4-2)11-16-21(25)28-20(23-16)14-7-5-6-8-15(14)22/h5-12H,3-4H2,1-2H3/b16-11-. The van der Waals surface area contributed by atoms with Crippen molar-refractivity contribution < 1.29 is 23.8 Å². The SMILES string of the molecule is CCOc1cc(/C=C2\N=C(c3ccccc3Cl)OC2=O)ccc1OC(=O)CC. The minimum absolute atomic E-state index is 0.135. The van der Waals surface area contributed by atoms with E-state index < -0.39 is 5.97 Å². The van der Waals surface area contributed by atoms with Crippen LogP contribution < -0.4 is 9.47 Å². The number of hydrogen-bond donors (Lipinski definition) is 0. The first-order valence-corrected chi connectivity index (χ1v) is 9.14. The van der Waals surface area contributed by atoms with Crippen LogP contribution in [0.15, 0.2) is 53.2 Å². The van der Waals surface area contributed by atoms with E-state index in [2.05, 4.69) is 4.99 Å². The molecular formula is C21H18ClNO5. The van der Waals surface area contributed by atoms with Crippen molar-refractivity contribution in [2.24, 2.45) is 4.99 Å². The van der Waals surface area contributed by atoms with Gasteiger partial charge in [0.25, 0.3) is 0 Å². The molecule has 0 fully saturated rings. The fourth-order valence-corrected chi connectivity index (χ4v) is 2.70. The van der Waals surface area contributed by atoms with Crippen molar-refractivity contribution in [1.82, 2.24) is 0 Å². The number of aliphatic imine (C=N–C) groups is 1. The molecule has 0 unspecified atom stereocenters. The van der Waals surface area contributed by atoms with E-state index in [4.69, 9.17) is 25.8 Å². The Balaban J connectivity index is 1.92. The molecule has 1 aliphatic heterocycles. The van der Waals surface area contributed by atoms with Crippen LogP contribution in [-0.2, 0) is 14.3 Å². The molecule has 0 spiro atoms. The molecule has 1 aliphatic rings. The van der Waals surface area contributed by atoms with Crippen molar-refractivity contribution in [2.45, 2.75) is 20.3 Å². The van der Waals surface area contributed by atoms with Gasteiger partial charge in [0, 0.05) is 6.42 Å². The highest BCUT2D eigenvalue weighted by atomic mass is 35.5. The lowest BCUT2D eigenvalue weighted by Gasteiger charge is -2.10. The lowest BCUT2D eigenvalue weighted by atomic mass is 10.1. The number of esters is 2. The van der Waals surface area contributed by atoms with E-state index in [0.29, 0.717) is 34.3 Å². The van der Waals surface area contributed by atoms with Crippen LogP contribution >= 0.6 is 11.6 Å². The Bertz CT molecular complexity index is 981. The number of ether oxygens (including phenoxy) is 3. The highest BCUT2D eigenvalue weighted by Crippen LogP contribution is 2.31. The normalized spacial score (nSPS) is 14.6. The van der Waals surface area contributed by atoms with Gasteiger partial charge >= 0.3 is 11.9 Å². The molecule has 2 aromatic rings. The molecule has 0 aromatic heterocycles. The van der Waals surface area contributed by atoms with Gasteiger partial charge in [0.15, 0.2) is 17.2 Å². The third kappa shape index (κ3) is 4.40. The maximum atomic E-state index is 12.2. The summed E-state index contributed by atoms with van der Waals surface area (Å²) in [4.78, 5) is 28.0. The molecule has 3 rings (SSSR count). The van der Waals surface area contributed by atoms with Crippen LogP contribution in [0.5, 0.6) is 11.5 Å². The summed E-state index contributed by atoms with van der Waals surface area (Å²) in [5, 5.41) is 0.441. The Labute approximate surface area is 167 Å². The molecule has 0 aliphatic carbocycles. The average Bonchev–Trinajstić information content (AvgIpc) is 3.04. The minimum atomic E-state index is -0.575. The molecular weight excluding hydrogens is 382 g/mol. The molecule has 0 saturated heterocycles. The number of cyclic esters (lactones) is 1. The Morgan fingerprint density at radius 2 is 1.96 bits per heavy atom. The van der Waals surface area contributed by atoms with E-state index >= 15 is 0 Å². The van der Waals surface area contributed by atoms with E-state index in [-0.39, 0.29) is 24.0 Å². The fourth-order valence-electron chi connectivity index (χ4n) is 2.48. The molecule has 1 heterocycles. The summed E-state index contributed by atoms with van der Waals surface area (Å²) in [6, 6.07) is 12.0. The van der Waals surface area contributed by atoms with Gasteiger partial charge in [-0.2, -0.15) is 0 Å². The molecule has 2 aromatic carbocycles. The van der Waals surface area contributed by atoms with Gasteiger partial charge in [-0.3, -0.25) is 4.79 Å². The first-order valence-electron chi connectivity index (χ1n) is 8.76. The predicted octanol–water partition coefficient (Wildman–Crippen LogP) is 4.40. The zero-order chi connectivity index (χ0) is 20.1. The van der Waals surface area contributed by atoms with Crippen molar-refractivity contribution in [2.75, 3.05) is 6.61 Å². The Kier molecular flexibility index (Phi) is 6.11. The third-order valence-electron chi connectivity index (χ3n) is 3.81. The molecule has 0 amide bonds. The van der Waals surface area contributed by atoms with E-state index in [0.717, 1.165) is 0 Å². The van der Waals surface area contributed by atoms with E-state index in [9.17, 15) is 9.59 Å². The van der Waals surface area contributed by atoms with Crippen LogP contribution in [-0.4, -0.2) is 24.4 Å². The maximum absolute atomic E-state index is 12.2. The quantitative estimate of drug-likeness (QED) is 0.409. The van der Waals surface area contributed by atoms with Crippen molar-refractivity contribution >= 4 is 35.5 Å². The fraction of sp³-hybridized carbons (Fsp3) is 0.190. The number of benzene rings is 2. The molecule has 7 heteroatoms. The van der Waals surface area contributed by atoms with Gasteiger partial charge in [-0.15, -0.1) is 0 Å². The second-order valence-corrected chi connectivity index (χ2v) is 6.19. The number of nitrogens with zero attached hydrogens (tertiary/aromatic N) is 1. The van der Waals surface area contributed by atoms with E-state index in [1.54, 1.807) is 55.5 Å². The summed E-state index contributed by atoms with van der Waals surface area (Å²) < 4.78 is 16.0. The molecule has 6 nitrogen and oxygen atoms in total. The molecule has 0 radical (unpaired) electrons. The second kappa shape index (κ2) is 8.71. The minimum Gasteiger partial charge on any atom is -0.490 e. The van der Waals surface area contributed by atoms with Crippen LogP contribution in [0, 0.1) is 0 Å². The maximum Gasteiger partial charge on any atom is 0.363 e. The summed E-state index contributed by atoms with van der Waals surface area (Å²) >= 11 is 6.14. The summed E-state index contributed by atoms with van der Waals surface area (Å²) in [5.74, 6) is -0.0550. The van der Waals surface area contributed by atoms with Gasteiger partial charge in [-0.1, -0.05) is 36.7 Å². The molecule has 28 heavy (non-hydrogen) atoms. The average molecular weight is 400 g/mol. The van der Waals surface area contributed by atoms with Gasteiger partial charge in [0.2, 0.25) is 5.90 Å². The summed E-state index contributed by atoms with van der Waals surface area (Å²) in [7, 11) is 0. The zero-order valence-corrected chi connectivity index (χ0v) is 16.2. The molecule has 144 valence electrons. The number of halogens is 1. The van der Waals surface area contributed by atoms with Gasteiger partial charge in [-0.25, -0.2) is 9.79 Å². The first-order chi connectivity index (χ1) is 13.5. The zero-order valence-electron chi connectivity index (χ0n) is 15.4. The Morgan fingerprint density at radius 3 is 2.68 bits per heavy atom. The Hall–Kier alpha value is -3.12. The van der Waals surface area contributed by atoms with Crippen LogP contribution in [0.3, 0.4) is 0 Å². The number of hydrogen-bond acceptors (Lipinski definition) is 6. The second-order valence-electron chi connectivity index (χ2n) is 5.78. The van der Waals surface area contributed by atoms with E-state index in [1.807, 2.05) is 6.92 Å². The molecule has 0 saturated carbocycles. The van der Waals surface area contributed by atoms with Gasteiger partial charge < -0.3 is 14.2 Å². The van der Waals surface area contributed by atoms with Gasteiger partial charge in [0.05, 0.1) is 17.2 Å². The molecule has 0 atom stereocenters. The topological polar surface area (TPSA) is 74.2 Å². The predicted molar refractivity (Wildman–Crippen MR) is 106 cm³/mol. The highest BCUT2D eigenvalue weighted by Gasteiger charge is 2.25. The van der Waals surface area contributed by atoms with Gasteiger partial charge in [0.1, 0.15) is 0 Å². The monoisotopic (exact) mass is 399 g/mol. The number of carbonyl (C=O) groups excluding carboxylic acids is 2. The molecule has 0 N–H and O–H groups in total. The van der Waals surface area contributed by atoms with Crippen molar-refractivity contribution in [3.63, 3.8) is 0 Å². The van der Waals surface area contributed by atoms with Crippen LogP contribution in [0.2, 0.25) is 5.02 Å².